The number of hydrogen-bond acceptors (Lipinski definition) is 7. The molecular weight excluding hydrogens is 728 g/mol. The van der Waals surface area contributed by atoms with Crippen molar-refractivity contribution in [2.45, 2.75) is 39.9 Å². The topological polar surface area (TPSA) is 120 Å². The SMILES string of the molecule is Cc1ccc(OCc2ccccc2)cc1C(=O)Nc1ccc(CC(=O)OC(=O)Cc2ccc(NC(=O)c3cc(OCc4cccc(Cl)c4)ccc3C)cc2)cc1. The van der Waals surface area contributed by atoms with Crippen LogP contribution in [0.1, 0.15) is 54.1 Å². The highest BCUT2D eigenvalue weighted by atomic mass is 35.5. The summed E-state index contributed by atoms with van der Waals surface area (Å²) in [4.78, 5) is 51.4. The van der Waals surface area contributed by atoms with E-state index in [9.17, 15) is 19.2 Å². The molecule has 0 bridgehead atoms. The van der Waals surface area contributed by atoms with Crippen molar-refractivity contribution >= 4 is 46.7 Å². The fourth-order valence-corrected chi connectivity index (χ4v) is 5.96. The molecule has 0 heterocycles. The van der Waals surface area contributed by atoms with Gasteiger partial charge in [-0.1, -0.05) is 90.5 Å². The van der Waals surface area contributed by atoms with E-state index in [1.54, 1.807) is 72.8 Å². The molecule has 0 fully saturated rings. The minimum atomic E-state index is -0.703. The number of benzene rings is 6. The number of hydrogen-bond donors (Lipinski definition) is 2. The summed E-state index contributed by atoms with van der Waals surface area (Å²) in [6, 6.07) is 41.3. The minimum absolute atomic E-state index is 0.128. The van der Waals surface area contributed by atoms with Crippen LogP contribution in [0.4, 0.5) is 11.4 Å². The summed E-state index contributed by atoms with van der Waals surface area (Å²) in [7, 11) is 0. The molecule has 0 aromatic heterocycles. The number of nitrogens with one attached hydrogen (secondary N) is 2. The van der Waals surface area contributed by atoms with Crippen molar-refractivity contribution in [3.05, 3.63) is 189 Å². The average Bonchev–Trinajstić information content (AvgIpc) is 3.19. The third-order valence-corrected chi connectivity index (χ3v) is 9.03. The fourth-order valence-electron chi connectivity index (χ4n) is 5.75. The van der Waals surface area contributed by atoms with E-state index in [0.29, 0.717) is 63.4 Å². The molecule has 6 aromatic carbocycles. The molecule has 0 saturated carbocycles. The molecule has 10 heteroatoms. The lowest BCUT2D eigenvalue weighted by atomic mass is 10.1. The number of rotatable bonds is 14. The van der Waals surface area contributed by atoms with Crippen molar-refractivity contribution in [2.24, 2.45) is 0 Å². The summed E-state index contributed by atoms with van der Waals surface area (Å²) in [5.41, 5.74) is 6.74. The fraction of sp³-hybridized carbons (Fsp3) is 0.130. The summed E-state index contributed by atoms with van der Waals surface area (Å²) in [5.74, 6) is -0.880. The van der Waals surface area contributed by atoms with E-state index in [4.69, 9.17) is 25.8 Å². The van der Waals surface area contributed by atoms with Crippen LogP contribution in [-0.4, -0.2) is 23.8 Å². The number of esters is 2. The first kappa shape index (κ1) is 39.0. The molecule has 2 amide bonds. The molecule has 0 saturated heterocycles. The first-order chi connectivity index (χ1) is 27.1. The van der Waals surface area contributed by atoms with E-state index >= 15 is 0 Å². The Morgan fingerprint density at radius 2 is 0.964 bits per heavy atom. The lowest BCUT2D eigenvalue weighted by Crippen LogP contribution is -2.17. The van der Waals surface area contributed by atoms with E-state index in [1.807, 2.05) is 80.6 Å². The van der Waals surface area contributed by atoms with Crippen LogP contribution in [0.25, 0.3) is 0 Å². The lowest BCUT2D eigenvalue weighted by molar-refractivity contribution is -0.158. The van der Waals surface area contributed by atoms with Gasteiger partial charge in [0.05, 0.1) is 12.8 Å². The Morgan fingerprint density at radius 1 is 0.500 bits per heavy atom. The second-order valence-corrected chi connectivity index (χ2v) is 13.6. The molecule has 9 nitrogen and oxygen atoms in total. The number of carbonyl (C=O) groups is 4. The van der Waals surface area contributed by atoms with Gasteiger partial charge in [0.15, 0.2) is 0 Å². The Kier molecular flexibility index (Phi) is 12.9. The molecule has 0 aliphatic carbocycles. The summed E-state index contributed by atoms with van der Waals surface area (Å²) >= 11 is 6.07. The predicted octanol–water partition coefficient (Wildman–Crippen LogP) is 9.47. The maximum absolute atomic E-state index is 13.1. The Balaban J connectivity index is 0.949. The molecule has 0 aliphatic heterocycles. The lowest BCUT2D eigenvalue weighted by Gasteiger charge is -2.12. The van der Waals surface area contributed by atoms with Crippen LogP contribution >= 0.6 is 11.6 Å². The van der Waals surface area contributed by atoms with E-state index in [-0.39, 0.29) is 24.7 Å². The highest BCUT2D eigenvalue weighted by molar-refractivity contribution is 6.30. The Hall–Kier alpha value is -6.71. The highest BCUT2D eigenvalue weighted by Crippen LogP contribution is 2.23. The van der Waals surface area contributed by atoms with Crippen molar-refractivity contribution in [3.63, 3.8) is 0 Å². The van der Waals surface area contributed by atoms with Gasteiger partial charge in [0.25, 0.3) is 11.8 Å². The predicted molar refractivity (Wildman–Crippen MR) is 216 cm³/mol. The quantitative estimate of drug-likeness (QED) is 0.0837. The minimum Gasteiger partial charge on any atom is -0.489 e. The van der Waals surface area contributed by atoms with Gasteiger partial charge in [-0.05, 0) is 108 Å². The number of halogens is 1. The number of anilines is 2. The van der Waals surface area contributed by atoms with E-state index in [1.165, 1.54) is 0 Å². The van der Waals surface area contributed by atoms with Gasteiger partial charge in [-0.2, -0.15) is 0 Å². The Labute approximate surface area is 330 Å². The van der Waals surface area contributed by atoms with Crippen molar-refractivity contribution < 1.29 is 33.4 Å². The van der Waals surface area contributed by atoms with Crippen molar-refractivity contribution in [2.75, 3.05) is 10.6 Å². The number of carbonyl (C=O) groups excluding carboxylic acids is 4. The second-order valence-electron chi connectivity index (χ2n) is 13.1. The molecule has 0 radical (unpaired) electrons. The van der Waals surface area contributed by atoms with E-state index < -0.39 is 11.9 Å². The van der Waals surface area contributed by atoms with Gasteiger partial charge < -0.3 is 24.8 Å². The van der Waals surface area contributed by atoms with Gasteiger partial charge in [0, 0.05) is 27.5 Å². The van der Waals surface area contributed by atoms with Crippen LogP contribution in [0.3, 0.4) is 0 Å². The molecule has 2 N–H and O–H groups in total. The zero-order chi connectivity index (χ0) is 39.4. The molecule has 56 heavy (non-hydrogen) atoms. The van der Waals surface area contributed by atoms with Gasteiger partial charge in [-0.15, -0.1) is 0 Å². The van der Waals surface area contributed by atoms with Gasteiger partial charge in [0.1, 0.15) is 24.7 Å². The average molecular weight is 767 g/mol. The van der Waals surface area contributed by atoms with Crippen LogP contribution in [0.5, 0.6) is 11.5 Å². The summed E-state index contributed by atoms with van der Waals surface area (Å²) in [6.07, 6.45) is -0.259. The van der Waals surface area contributed by atoms with Crippen LogP contribution in [-0.2, 0) is 40.4 Å². The van der Waals surface area contributed by atoms with Crippen LogP contribution in [0.15, 0.2) is 140 Å². The standard InChI is InChI=1S/C46H39ClN2O7/c1-30-11-21-39(54-28-34-7-4-3-5-8-34)26-41(30)45(52)48-37-17-13-32(14-18-37)24-43(50)56-44(51)25-33-15-19-38(20-16-33)49-46(53)42-27-40(22-12-31(42)2)55-29-35-9-6-10-36(47)23-35/h3-23,26-27H,24-25,28-29H2,1-2H3,(H,48,52)(H,49,53). The maximum atomic E-state index is 13.1. The zero-order valence-electron chi connectivity index (χ0n) is 30.8. The van der Waals surface area contributed by atoms with Crippen LogP contribution in [0.2, 0.25) is 5.02 Å². The largest absolute Gasteiger partial charge is 0.489 e. The van der Waals surface area contributed by atoms with E-state index in [0.717, 1.165) is 22.3 Å². The summed E-state index contributed by atoms with van der Waals surface area (Å²) < 4.78 is 16.8. The maximum Gasteiger partial charge on any atom is 0.317 e. The van der Waals surface area contributed by atoms with Gasteiger partial charge >= 0.3 is 11.9 Å². The molecule has 6 aromatic rings. The third-order valence-electron chi connectivity index (χ3n) is 8.80. The second kappa shape index (κ2) is 18.6. The Bertz CT molecular complexity index is 2340. The first-order valence-corrected chi connectivity index (χ1v) is 18.2. The molecule has 282 valence electrons. The summed E-state index contributed by atoms with van der Waals surface area (Å²) in [5, 5.41) is 6.38. The normalized spacial score (nSPS) is 10.6. The molecule has 6 rings (SSSR count). The summed E-state index contributed by atoms with van der Waals surface area (Å²) in [6.45, 7) is 4.38. The molecule has 0 unspecified atom stereocenters. The molecular formula is C46H39ClN2O7. The monoisotopic (exact) mass is 766 g/mol. The van der Waals surface area contributed by atoms with Crippen molar-refractivity contribution in [1.29, 1.82) is 0 Å². The van der Waals surface area contributed by atoms with Gasteiger partial charge in [0.2, 0.25) is 0 Å². The van der Waals surface area contributed by atoms with Crippen LogP contribution < -0.4 is 20.1 Å². The van der Waals surface area contributed by atoms with Crippen molar-refractivity contribution in [3.8, 4) is 11.5 Å². The first-order valence-electron chi connectivity index (χ1n) is 17.9. The van der Waals surface area contributed by atoms with Gasteiger partial charge in [-0.25, -0.2) is 0 Å². The highest BCUT2D eigenvalue weighted by Gasteiger charge is 2.16. The smallest absolute Gasteiger partial charge is 0.317 e. The molecule has 0 atom stereocenters. The van der Waals surface area contributed by atoms with Crippen molar-refractivity contribution in [1.82, 2.24) is 0 Å². The number of ether oxygens (including phenoxy) is 3. The molecule has 0 aliphatic rings. The third kappa shape index (κ3) is 11.2. The Morgan fingerprint density at radius 3 is 1.45 bits per heavy atom. The number of aryl methyl sites for hydroxylation is 2. The zero-order valence-corrected chi connectivity index (χ0v) is 31.6. The molecule has 0 spiro atoms. The van der Waals surface area contributed by atoms with E-state index in [2.05, 4.69) is 10.6 Å². The van der Waals surface area contributed by atoms with Crippen LogP contribution in [0, 0.1) is 13.8 Å². The number of amides is 2. The van der Waals surface area contributed by atoms with Gasteiger partial charge in [-0.3, -0.25) is 19.2 Å².